The van der Waals surface area contributed by atoms with Crippen LogP contribution < -0.4 is 0 Å². The fourth-order valence-electron chi connectivity index (χ4n) is 2.89. The molecule has 0 atom stereocenters. The molecule has 1 aliphatic carbocycles. The zero-order valence-electron chi connectivity index (χ0n) is 9.64. The lowest BCUT2D eigenvalue weighted by molar-refractivity contribution is 0.979. The number of fused-ring (bicyclic) bond motifs is 5. The molecule has 0 saturated carbocycles. The fourth-order valence-corrected chi connectivity index (χ4v) is 2.89. The maximum absolute atomic E-state index is 2.30. The topological polar surface area (TPSA) is 4.93 Å². The van der Waals surface area contributed by atoms with Gasteiger partial charge in [-0.1, -0.05) is 42.5 Å². The summed E-state index contributed by atoms with van der Waals surface area (Å²) >= 11 is 0. The SMILES string of the molecule is Cn1c2c(c3ccccc31)[CH]c1ccccc1-2. The van der Waals surface area contributed by atoms with Crippen molar-refractivity contribution in [2.24, 2.45) is 7.05 Å². The first-order chi connectivity index (χ1) is 8.36. The molecule has 0 spiro atoms. The smallest absolute Gasteiger partial charge is 0.0530 e. The molecule has 1 heteroatoms. The fraction of sp³-hybridized carbons (Fsp3) is 0.0625. The predicted octanol–water partition coefficient (Wildman–Crippen LogP) is 3.76. The summed E-state index contributed by atoms with van der Waals surface area (Å²) < 4.78 is 2.30. The summed E-state index contributed by atoms with van der Waals surface area (Å²) in [5, 5.41) is 1.35. The van der Waals surface area contributed by atoms with E-state index < -0.39 is 0 Å². The van der Waals surface area contributed by atoms with Crippen LogP contribution in [0.4, 0.5) is 0 Å². The molecule has 2 aromatic carbocycles. The molecule has 0 bridgehead atoms. The molecule has 1 heterocycles. The number of benzene rings is 2. The van der Waals surface area contributed by atoms with E-state index in [1.165, 1.54) is 33.3 Å². The van der Waals surface area contributed by atoms with E-state index in [1.807, 2.05) is 0 Å². The Morgan fingerprint density at radius 2 is 1.65 bits per heavy atom. The van der Waals surface area contributed by atoms with Gasteiger partial charge in [-0.2, -0.15) is 0 Å². The summed E-state index contributed by atoms with van der Waals surface area (Å²) in [6.45, 7) is 0. The average Bonchev–Trinajstić information content (AvgIpc) is 2.88. The Morgan fingerprint density at radius 3 is 2.59 bits per heavy atom. The Balaban J connectivity index is 2.17. The van der Waals surface area contributed by atoms with Crippen molar-refractivity contribution in [2.45, 2.75) is 0 Å². The lowest BCUT2D eigenvalue weighted by Crippen LogP contribution is -1.90. The Morgan fingerprint density at radius 1 is 0.882 bits per heavy atom. The molecule has 0 amide bonds. The van der Waals surface area contributed by atoms with Gasteiger partial charge in [0.2, 0.25) is 0 Å². The zero-order valence-corrected chi connectivity index (χ0v) is 9.64. The molecule has 0 saturated heterocycles. The lowest BCUT2D eigenvalue weighted by Gasteiger charge is -2.04. The summed E-state index contributed by atoms with van der Waals surface area (Å²) in [5.74, 6) is 0. The van der Waals surface area contributed by atoms with Gasteiger partial charge in [-0.05, 0) is 17.2 Å². The normalized spacial score (nSPS) is 12.8. The average molecular weight is 218 g/mol. The number of aryl methyl sites for hydroxylation is 1. The molecule has 0 fully saturated rings. The van der Waals surface area contributed by atoms with Crippen molar-refractivity contribution in [3.05, 3.63) is 66.1 Å². The second-order valence-corrected chi connectivity index (χ2v) is 4.57. The molecule has 81 valence electrons. The molecule has 1 aromatic heterocycles. The molecule has 0 unspecified atom stereocenters. The van der Waals surface area contributed by atoms with Crippen LogP contribution in [0.2, 0.25) is 0 Å². The third-order valence-electron chi connectivity index (χ3n) is 3.66. The third kappa shape index (κ3) is 1.04. The van der Waals surface area contributed by atoms with Crippen molar-refractivity contribution in [3.63, 3.8) is 0 Å². The number of rotatable bonds is 0. The van der Waals surface area contributed by atoms with Crippen molar-refractivity contribution in [1.29, 1.82) is 0 Å². The van der Waals surface area contributed by atoms with E-state index in [1.54, 1.807) is 0 Å². The van der Waals surface area contributed by atoms with Crippen LogP contribution in [0.3, 0.4) is 0 Å². The van der Waals surface area contributed by atoms with Gasteiger partial charge in [0, 0.05) is 29.9 Å². The first-order valence-electron chi connectivity index (χ1n) is 5.88. The lowest BCUT2D eigenvalue weighted by atomic mass is 10.1. The van der Waals surface area contributed by atoms with Crippen molar-refractivity contribution in [2.75, 3.05) is 0 Å². The highest BCUT2D eigenvalue weighted by Crippen LogP contribution is 2.42. The van der Waals surface area contributed by atoms with E-state index in [2.05, 4.69) is 66.6 Å². The maximum Gasteiger partial charge on any atom is 0.0530 e. The van der Waals surface area contributed by atoms with Gasteiger partial charge in [0.15, 0.2) is 0 Å². The van der Waals surface area contributed by atoms with Crippen LogP contribution in [0.25, 0.3) is 22.2 Å². The molecule has 3 aromatic rings. The van der Waals surface area contributed by atoms with E-state index in [0.29, 0.717) is 0 Å². The highest BCUT2D eigenvalue weighted by Gasteiger charge is 2.24. The minimum atomic E-state index is 1.31. The molecule has 1 aliphatic rings. The summed E-state index contributed by atoms with van der Waals surface area (Å²) in [6.07, 6.45) is 2.30. The molecule has 1 radical (unpaired) electrons. The van der Waals surface area contributed by atoms with Gasteiger partial charge in [-0.25, -0.2) is 0 Å². The summed E-state index contributed by atoms with van der Waals surface area (Å²) in [7, 11) is 2.15. The molecular formula is C16H12N. The molecule has 1 nitrogen and oxygen atoms in total. The third-order valence-corrected chi connectivity index (χ3v) is 3.66. The quantitative estimate of drug-likeness (QED) is 0.423. The van der Waals surface area contributed by atoms with E-state index >= 15 is 0 Å². The molecule has 17 heavy (non-hydrogen) atoms. The van der Waals surface area contributed by atoms with Gasteiger partial charge in [0.05, 0.1) is 5.69 Å². The highest BCUT2D eigenvalue weighted by molar-refractivity contribution is 5.97. The molecular weight excluding hydrogens is 206 g/mol. The van der Waals surface area contributed by atoms with Crippen LogP contribution in [0.15, 0.2) is 48.5 Å². The number of aromatic nitrogens is 1. The van der Waals surface area contributed by atoms with Crippen molar-refractivity contribution < 1.29 is 0 Å². The van der Waals surface area contributed by atoms with Crippen LogP contribution in [0, 0.1) is 6.42 Å². The second-order valence-electron chi connectivity index (χ2n) is 4.57. The highest BCUT2D eigenvalue weighted by atomic mass is 15.0. The summed E-state index contributed by atoms with van der Waals surface area (Å²) in [6, 6.07) is 17.2. The van der Waals surface area contributed by atoms with Gasteiger partial charge in [0.25, 0.3) is 0 Å². The number of hydrogen-bond acceptors (Lipinski definition) is 0. The van der Waals surface area contributed by atoms with E-state index in [4.69, 9.17) is 0 Å². The Hall–Kier alpha value is -2.02. The molecule has 0 aliphatic heterocycles. The minimum absolute atomic E-state index is 1.31. The largest absolute Gasteiger partial charge is 0.343 e. The first kappa shape index (κ1) is 9.06. The van der Waals surface area contributed by atoms with E-state index in [0.717, 1.165) is 0 Å². The van der Waals surface area contributed by atoms with Gasteiger partial charge in [-0.3, -0.25) is 0 Å². The van der Waals surface area contributed by atoms with Crippen molar-refractivity contribution in [1.82, 2.24) is 4.57 Å². The van der Waals surface area contributed by atoms with E-state index in [-0.39, 0.29) is 0 Å². The van der Waals surface area contributed by atoms with Crippen LogP contribution in [0.1, 0.15) is 11.1 Å². The monoisotopic (exact) mass is 218 g/mol. The van der Waals surface area contributed by atoms with Crippen molar-refractivity contribution >= 4 is 10.9 Å². The second kappa shape index (κ2) is 3.01. The van der Waals surface area contributed by atoms with Gasteiger partial charge >= 0.3 is 0 Å². The van der Waals surface area contributed by atoms with Crippen LogP contribution in [-0.2, 0) is 7.05 Å². The molecule has 4 rings (SSSR count). The summed E-state index contributed by atoms with van der Waals surface area (Å²) in [5.41, 5.74) is 6.70. The number of hydrogen-bond donors (Lipinski definition) is 0. The van der Waals surface area contributed by atoms with Gasteiger partial charge in [0.1, 0.15) is 0 Å². The Kier molecular flexibility index (Phi) is 1.60. The van der Waals surface area contributed by atoms with Gasteiger partial charge in [-0.15, -0.1) is 0 Å². The predicted molar refractivity (Wildman–Crippen MR) is 70.9 cm³/mol. The number of nitrogens with zero attached hydrogens (tertiary/aromatic N) is 1. The van der Waals surface area contributed by atoms with Crippen LogP contribution in [-0.4, -0.2) is 4.57 Å². The Bertz CT molecular complexity index is 734. The van der Waals surface area contributed by atoms with Gasteiger partial charge < -0.3 is 4.57 Å². The maximum atomic E-state index is 2.30. The Labute approximate surface area is 100 Å². The number of para-hydroxylation sites is 1. The zero-order chi connectivity index (χ0) is 11.4. The summed E-state index contributed by atoms with van der Waals surface area (Å²) in [4.78, 5) is 0. The van der Waals surface area contributed by atoms with Crippen LogP contribution in [0.5, 0.6) is 0 Å². The minimum Gasteiger partial charge on any atom is -0.343 e. The van der Waals surface area contributed by atoms with Crippen molar-refractivity contribution in [3.8, 4) is 11.3 Å². The standard InChI is InChI=1S/C16H12N/c1-17-15-9-5-4-8-13(15)14-10-11-6-2-3-7-12(11)16(14)17/h2-10H,1H3. The first-order valence-corrected chi connectivity index (χ1v) is 5.88. The van der Waals surface area contributed by atoms with E-state index in [9.17, 15) is 0 Å². The molecule has 0 N–H and O–H groups in total. The van der Waals surface area contributed by atoms with Crippen LogP contribution >= 0.6 is 0 Å².